The lowest BCUT2D eigenvalue weighted by molar-refractivity contribution is 0.0600. The molecule has 7 heteroatoms. The predicted molar refractivity (Wildman–Crippen MR) is 93.8 cm³/mol. The fourth-order valence-corrected chi connectivity index (χ4v) is 3.35. The Labute approximate surface area is 148 Å². The summed E-state index contributed by atoms with van der Waals surface area (Å²) in [7, 11) is 1.34. The van der Waals surface area contributed by atoms with Gasteiger partial charge in [-0.25, -0.2) is 4.79 Å². The van der Waals surface area contributed by atoms with Gasteiger partial charge in [-0.1, -0.05) is 6.07 Å². The number of piperazine rings is 1. The average Bonchev–Trinajstić information content (AvgIpc) is 3.11. The Morgan fingerprint density at radius 3 is 2.58 bits per heavy atom. The third-order valence-electron chi connectivity index (χ3n) is 4.65. The Balaban J connectivity index is 0.00000208. The molecular weight excluding hydrogens is 330 g/mol. The van der Waals surface area contributed by atoms with Gasteiger partial charge in [0.25, 0.3) is 5.91 Å². The van der Waals surface area contributed by atoms with Crippen molar-refractivity contribution < 1.29 is 14.3 Å². The standard InChI is InChI=1S/C17H23N3O3.ClH/c1-23-17(22)14-4-2-3-13(11-14)16(21)20-8-5-15(12-20)19-9-6-18-7-10-19;/h2-4,11,15,18H,5-10,12H2,1H3;1H. The number of rotatable bonds is 3. The Kier molecular flexibility index (Phi) is 6.60. The Morgan fingerprint density at radius 1 is 1.17 bits per heavy atom. The van der Waals surface area contributed by atoms with Crippen LogP contribution in [-0.2, 0) is 4.74 Å². The third kappa shape index (κ3) is 4.06. The van der Waals surface area contributed by atoms with Crippen molar-refractivity contribution in [1.82, 2.24) is 15.1 Å². The number of hydrogen-bond donors (Lipinski definition) is 1. The van der Waals surface area contributed by atoms with Crippen LogP contribution in [0.15, 0.2) is 24.3 Å². The van der Waals surface area contributed by atoms with Gasteiger partial charge in [0.2, 0.25) is 0 Å². The molecule has 2 aliphatic rings. The molecule has 1 aromatic rings. The molecule has 132 valence electrons. The number of likely N-dealkylation sites (tertiary alicyclic amines) is 1. The molecule has 0 spiro atoms. The number of carbonyl (C=O) groups excluding carboxylic acids is 2. The number of esters is 1. The maximum atomic E-state index is 12.7. The molecule has 3 rings (SSSR count). The van der Waals surface area contributed by atoms with Crippen LogP contribution in [0.25, 0.3) is 0 Å². The number of halogens is 1. The van der Waals surface area contributed by atoms with E-state index in [1.165, 1.54) is 7.11 Å². The van der Waals surface area contributed by atoms with Gasteiger partial charge in [-0.2, -0.15) is 0 Å². The van der Waals surface area contributed by atoms with Crippen LogP contribution in [0.1, 0.15) is 27.1 Å². The molecule has 24 heavy (non-hydrogen) atoms. The highest BCUT2D eigenvalue weighted by Gasteiger charge is 2.31. The monoisotopic (exact) mass is 353 g/mol. The Morgan fingerprint density at radius 2 is 1.88 bits per heavy atom. The molecule has 0 aromatic heterocycles. The number of nitrogens with one attached hydrogen (secondary N) is 1. The summed E-state index contributed by atoms with van der Waals surface area (Å²) in [5.41, 5.74) is 0.963. The quantitative estimate of drug-likeness (QED) is 0.822. The summed E-state index contributed by atoms with van der Waals surface area (Å²) >= 11 is 0. The second-order valence-corrected chi connectivity index (χ2v) is 6.05. The molecule has 2 fully saturated rings. The van der Waals surface area contributed by atoms with Crippen molar-refractivity contribution >= 4 is 24.3 Å². The first-order valence-electron chi connectivity index (χ1n) is 8.11. The molecule has 0 saturated carbocycles. The van der Waals surface area contributed by atoms with Gasteiger partial charge >= 0.3 is 5.97 Å². The zero-order chi connectivity index (χ0) is 16.2. The minimum atomic E-state index is -0.417. The first kappa shape index (κ1) is 18.7. The topological polar surface area (TPSA) is 61.9 Å². The second kappa shape index (κ2) is 8.46. The zero-order valence-corrected chi connectivity index (χ0v) is 14.7. The molecule has 2 aliphatic heterocycles. The van der Waals surface area contributed by atoms with E-state index in [2.05, 4.69) is 10.2 Å². The lowest BCUT2D eigenvalue weighted by Crippen LogP contribution is -2.49. The van der Waals surface area contributed by atoms with Crippen molar-refractivity contribution in [3.8, 4) is 0 Å². The minimum absolute atomic E-state index is 0. The maximum absolute atomic E-state index is 12.7. The number of benzene rings is 1. The number of nitrogens with zero attached hydrogens (tertiary/aromatic N) is 2. The lowest BCUT2D eigenvalue weighted by Gasteiger charge is -2.32. The molecule has 0 aliphatic carbocycles. The molecule has 1 aromatic carbocycles. The molecule has 1 amide bonds. The van der Waals surface area contributed by atoms with Crippen LogP contribution in [0.2, 0.25) is 0 Å². The van der Waals surface area contributed by atoms with Crippen molar-refractivity contribution in [1.29, 1.82) is 0 Å². The normalized spacial score (nSPS) is 21.2. The SMILES string of the molecule is COC(=O)c1cccc(C(=O)N2CCC(N3CCNCC3)C2)c1.Cl. The lowest BCUT2D eigenvalue weighted by atomic mass is 10.1. The van der Waals surface area contributed by atoms with E-state index in [1.54, 1.807) is 24.3 Å². The van der Waals surface area contributed by atoms with Crippen molar-refractivity contribution in [2.24, 2.45) is 0 Å². The maximum Gasteiger partial charge on any atom is 0.337 e. The number of carbonyl (C=O) groups is 2. The first-order valence-corrected chi connectivity index (χ1v) is 8.11. The fourth-order valence-electron chi connectivity index (χ4n) is 3.35. The van der Waals surface area contributed by atoms with Crippen LogP contribution in [-0.4, -0.2) is 74.1 Å². The minimum Gasteiger partial charge on any atom is -0.465 e. The van der Waals surface area contributed by atoms with Crippen LogP contribution >= 0.6 is 12.4 Å². The molecule has 1 atom stereocenters. The van der Waals surface area contributed by atoms with Gasteiger partial charge in [-0.3, -0.25) is 9.69 Å². The van der Waals surface area contributed by atoms with E-state index in [0.29, 0.717) is 17.2 Å². The van der Waals surface area contributed by atoms with Gasteiger partial charge in [0.1, 0.15) is 0 Å². The third-order valence-corrected chi connectivity index (χ3v) is 4.65. The largest absolute Gasteiger partial charge is 0.465 e. The van der Waals surface area contributed by atoms with Gasteiger partial charge in [0.05, 0.1) is 12.7 Å². The number of hydrogen-bond acceptors (Lipinski definition) is 5. The molecule has 0 bridgehead atoms. The van der Waals surface area contributed by atoms with Crippen molar-refractivity contribution in [3.05, 3.63) is 35.4 Å². The summed E-state index contributed by atoms with van der Waals surface area (Å²) in [6, 6.07) is 7.21. The summed E-state index contributed by atoms with van der Waals surface area (Å²) < 4.78 is 4.72. The van der Waals surface area contributed by atoms with E-state index >= 15 is 0 Å². The van der Waals surface area contributed by atoms with Gasteiger partial charge in [0.15, 0.2) is 0 Å². The molecule has 6 nitrogen and oxygen atoms in total. The molecule has 2 saturated heterocycles. The number of amides is 1. The highest BCUT2D eigenvalue weighted by Crippen LogP contribution is 2.19. The zero-order valence-electron chi connectivity index (χ0n) is 13.9. The van der Waals surface area contributed by atoms with Crippen LogP contribution in [0.3, 0.4) is 0 Å². The van der Waals surface area contributed by atoms with Gasteiger partial charge in [-0.15, -0.1) is 12.4 Å². The van der Waals surface area contributed by atoms with Gasteiger partial charge < -0.3 is 15.0 Å². The fraction of sp³-hybridized carbons (Fsp3) is 0.529. The molecule has 2 heterocycles. The number of ether oxygens (including phenoxy) is 1. The molecular formula is C17H24ClN3O3. The summed E-state index contributed by atoms with van der Waals surface area (Å²) in [6.45, 7) is 5.67. The van der Waals surface area contributed by atoms with Crippen LogP contribution < -0.4 is 5.32 Å². The Hall–Kier alpha value is -1.63. The first-order chi connectivity index (χ1) is 11.2. The number of methoxy groups -OCH3 is 1. The van der Waals surface area contributed by atoms with E-state index < -0.39 is 5.97 Å². The molecule has 1 unspecified atom stereocenters. The summed E-state index contributed by atoms with van der Waals surface area (Å²) in [6.07, 6.45) is 1.02. The highest BCUT2D eigenvalue weighted by molar-refractivity contribution is 5.98. The van der Waals surface area contributed by atoms with Crippen molar-refractivity contribution in [2.75, 3.05) is 46.4 Å². The second-order valence-electron chi connectivity index (χ2n) is 6.05. The van der Waals surface area contributed by atoms with Crippen LogP contribution in [0, 0.1) is 0 Å². The summed E-state index contributed by atoms with van der Waals surface area (Å²) in [5, 5.41) is 3.35. The van der Waals surface area contributed by atoms with E-state index in [0.717, 1.165) is 45.7 Å². The average molecular weight is 354 g/mol. The van der Waals surface area contributed by atoms with E-state index in [4.69, 9.17) is 4.74 Å². The molecule has 0 radical (unpaired) electrons. The van der Waals surface area contributed by atoms with Gasteiger partial charge in [-0.05, 0) is 24.6 Å². The van der Waals surface area contributed by atoms with E-state index in [9.17, 15) is 9.59 Å². The van der Waals surface area contributed by atoms with Gasteiger partial charge in [0, 0.05) is 50.9 Å². The predicted octanol–water partition coefficient (Wildman–Crippen LogP) is 1.01. The van der Waals surface area contributed by atoms with Crippen molar-refractivity contribution in [3.63, 3.8) is 0 Å². The summed E-state index contributed by atoms with van der Waals surface area (Å²) in [4.78, 5) is 28.6. The van der Waals surface area contributed by atoms with Crippen LogP contribution in [0.4, 0.5) is 0 Å². The van der Waals surface area contributed by atoms with E-state index in [1.807, 2.05) is 4.90 Å². The highest BCUT2D eigenvalue weighted by atomic mass is 35.5. The Bertz CT molecular complexity index is 590. The summed E-state index contributed by atoms with van der Waals surface area (Å²) in [5.74, 6) is -0.423. The van der Waals surface area contributed by atoms with Crippen molar-refractivity contribution in [2.45, 2.75) is 12.5 Å². The van der Waals surface area contributed by atoms with Crippen LogP contribution in [0.5, 0.6) is 0 Å². The molecule has 1 N–H and O–H groups in total. The smallest absolute Gasteiger partial charge is 0.337 e. The van der Waals surface area contributed by atoms with E-state index in [-0.39, 0.29) is 18.3 Å².